The molecule has 2 atom stereocenters. The van der Waals surface area contributed by atoms with E-state index in [0.717, 1.165) is 25.8 Å². The Kier molecular flexibility index (Phi) is 6.71. The summed E-state index contributed by atoms with van der Waals surface area (Å²) in [7, 11) is -3.20. The van der Waals surface area contributed by atoms with Gasteiger partial charge in [-0.25, -0.2) is 17.8 Å². The molecule has 0 aromatic carbocycles. The van der Waals surface area contributed by atoms with E-state index in [1.807, 2.05) is 11.8 Å². The Hall–Kier alpha value is -1.94. The third-order valence-corrected chi connectivity index (χ3v) is 6.45. The summed E-state index contributed by atoms with van der Waals surface area (Å²) in [5, 5.41) is 6.61. The molecule has 156 valence electrons. The predicted octanol–water partition coefficient (Wildman–Crippen LogP) is 0.779. The lowest BCUT2D eigenvalue weighted by atomic mass is 10.2. The average molecular weight is 413 g/mol. The van der Waals surface area contributed by atoms with Crippen molar-refractivity contribution in [3.8, 4) is 0 Å². The third-order valence-electron chi connectivity index (χ3n) is 5.12. The molecule has 0 bridgehead atoms. The Balaban J connectivity index is 1.60. The zero-order valence-corrected chi connectivity index (χ0v) is 17.3. The fourth-order valence-electron chi connectivity index (χ4n) is 3.82. The third kappa shape index (κ3) is 5.11. The highest BCUT2D eigenvalue weighted by Gasteiger charge is 2.31. The number of hydrogen-bond acceptors (Lipinski definition) is 5. The number of nitrogens with zero attached hydrogens (tertiary/aromatic N) is 4. The van der Waals surface area contributed by atoms with Gasteiger partial charge in [-0.1, -0.05) is 0 Å². The van der Waals surface area contributed by atoms with Gasteiger partial charge in [-0.3, -0.25) is 4.99 Å². The van der Waals surface area contributed by atoms with Gasteiger partial charge in [-0.05, 0) is 38.3 Å². The van der Waals surface area contributed by atoms with Gasteiger partial charge < -0.3 is 15.5 Å². The summed E-state index contributed by atoms with van der Waals surface area (Å²) in [6, 6.07) is 3.04. The van der Waals surface area contributed by atoms with Crippen molar-refractivity contribution in [2.24, 2.45) is 4.99 Å². The Morgan fingerprint density at radius 1 is 1.39 bits per heavy atom. The van der Waals surface area contributed by atoms with Crippen LogP contribution in [0.3, 0.4) is 0 Å². The number of sulfonamides is 1. The molecule has 2 aliphatic heterocycles. The van der Waals surface area contributed by atoms with Crippen molar-refractivity contribution in [2.75, 3.05) is 43.9 Å². The number of guanidine groups is 1. The Morgan fingerprint density at radius 2 is 2.21 bits per heavy atom. The molecule has 1 aromatic heterocycles. The molecule has 2 fully saturated rings. The van der Waals surface area contributed by atoms with E-state index in [1.165, 1.54) is 12.3 Å². The second-order valence-corrected chi connectivity index (χ2v) is 9.21. The molecule has 8 nitrogen and oxygen atoms in total. The van der Waals surface area contributed by atoms with Crippen LogP contribution in [-0.2, 0) is 10.0 Å². The monoisotopic (exact) mass is 412 g/mol. The summed E-state index contributed by atoms with van der Waals surface area (Å²) in [5.74, 6) is 0.727. The van der Waals surface area contributed by atoms with Gasteiger partial charge >= 0.3 is 0 Å². The number of halogens is 1. The second kappa shape index (κ2) is 9.04. The summed E-state index contributed by atoms with van der Waals surface area (Å²) in [6.45, 7) is 5.04. The first-order chi connectivity index (χ1) is 13.4. The lowest BCUT2D eigenvalue weighted by Crippen LogP contribution is -2.45. The van der Waals surface area contributed by atoms with Crippen molar-refractivity contribution in [1.82, 2.24) is 19.9 Å². The Morgan fingerprint density at radius 3 is 2.93 bits per heavy atom. The standard InChI is InChI=1S/C18H29FN6O2S/c1-3-20-18(22-12-15-6-5-10-25(15)28(2,26)27)23-14-8-11-24(13-14)17-16(19)7-4-9-21-17/h4,7,9,14-15H,3,5-6,8,10-13H2,1-2H3,(H2,20,22,23)/t14?,15-/m1/s1. The quantitative estimate of drug-likeness (QED) is 0.530. The molecule has 10 heteroatoms. The van der Waals surface area contributed by atoms with Gasteiger partial charge in [0.25, 0.3) is 0 Å². The Labute approximate surface area is 166 Å². The minimum Gasteiger partial charge on any atom is -0.357 e. The van der Waals surface area contributed by atoms with Gasteiger partial charge in [-0.15, -0.1) is 0 Å². The summed E-state index contributed by atoms with van der Waals surface area (Å²) in [6.07, 6.45) is 5.39. The summed E-state index contributed by atoms with van der Waals surface area (Å²) < 4.78 is 39.3. The summed E-state index contributed by atoms with van der Waals surface area (Å²) in [4.78, 5) is 10.7. The Bertz CT molecular complexity index is 803. The first-order valence-corrected chi connectivity index (χ1v) is 11.6. The maximum atomic E-state index is 14.0. The van der Waals surface area contributed by atoms with Gasteiger partial charge in [0, 0.05) is 44.5 Å². The van der Waals surface area contributed by atoms with Crippen LogP contribution in [0.4, 0.5) is 10.2 Å². The van der Waals surface area contributed by atoms with Crippen molar-refractivity contribution in [1.29, 1.82) is 0 Å². The molecule has 0 aliphatic carbocycles. The molecule has 0 amide bonds. The maximum Gasteiger partial charge on any atom is 0.211 e. The van der Waals surface area contributed by atoms with E-state index in [1.54, 1.807) is 16.6 Å². The molecule has 1 unspecified atom stereocenters. The molecular weight excluding hydrogens is 383 g/mol. The van der Waals surface area contributed by atoms with Gasteiger partial charge in [0.15, 0.2) is 17.6 Å². The van der Waals surface area contributed by atoms with E-state index in [-0.39, 0.29) is 17.9 Å². The molecule has 2 aliphatic rings. The highest BCUT2D eigenvalue weighted by molar-refractivity contribution is 7.88. The summed E-state index contributed by atoms with van der Waals surface area (Å²) >= 11 is 0. The van der Waals surface area contributed by atoms with Crippen molar-refractivity contribution in [2.45, 2.75) is 38.3 Å². The van der Waals surface area contributed by atoms with Crippen LogP contribution in [0, 0.1) is 5.82 Å². The average Bonchev–Trinajstić information content (AvgIpc) is 3.29. The van der Waals surface area contributed by atoms with Gasteiger partial charge in [0.05, 0.1) is 12.8 Å². The van der Waals surface area contributed by atoms with Crippen LogP contribution in [0.2, 0.25) is 0 Å². The normalized spacial score (nSPS) is 24.0. The second-order valence-electron chi connectivity index (χ2n) is 7.27. The molecule has 2 saturated heterocycles. The first kappa shape index (κ1) is 20.8. The molecule has 3 heterocycles. The van der Waals surface area contributed by atoms with Gasteiger partial charge in [0.2, 0.25) is 10.0 Å². The lowest BCUT2D eigenvalue weighted by Gasteiger charge is -2.22. The summed E-state index contributed by atoms with van der Waals surface area (Å²) in [5.41, 5.74) is 0. The molecule has 28 heavy (non-hydrogen) atoms. The van der Waals surface area contributed by atoms with Crippen molar-refractivity contribution in [3.05, 3.63) is 24.1 Å². The topological polar surface area (TPSA) is 89.9 Å². The molecule has 0 radical (unpaired) electrons. The van der Waals surface area contributed by atoms with Crippen molar-refractivity contribution in [3.63, 3.8) is 0 Å². The molecule has 0 spiro atoms. The van der Waals surface area contributed by atoms with Crippen LogP contribution in [0.15, 0.2) is 23.3 Å². The van der Waals surface area contributed by atoms with E-state index in [4.69, 9.17) is 0 Å². The van der Waals surface area contributed by atoms with Crippen LogP contribution < -0.4 is 15.5 Å². The molecule has 2 N–H and O–H groups in total. The predicted molar refractivity (Wildman–Crippen MR) is 108 cm³/mol. The highest BCUT2D eigenvalue weighted by atomic mass is 32.2. The highest BCUT2D eigenvalue weighted by Crippen LogP contribution is 2.22. The molecule has 0 saturated carbocycles. The molecule has 1 aromatic rings. The molecular formula is C18H29FN6O2S. The zero-order valence-electron chi connectivity index (χ0n) is 16.4. The van der Waals surface area contributed by atoms with E-state index >= 15 is 0 Å². The number of aliphatic imine (C=N–C) groups is 1. The van der Waals surface area contributed by atoms with Gasteiger partial charge in [-0.2, -0.15) is 4.31 Å². The van der Waals surface area contributed by atoms with E-state index in [2.05, 4.69) is 20.6 Å². The number of anilines is 1. The van der Waals surface area contributed by atoms with E-state index in [9.17, 15) is 12.8 Å². The fraction of sp³-hybridized carbons (Fsp3) is 0.667. The number of nitrogens with one attached hydrogen (secondary N) is 2. The maximum absolute atomic E-state index is 14.0. The zero-order chi connectivity index (χ0) is 20.1. The smallest absolute Gasteiger partial charge is 0.211 e. The minimum atomic E-state index is -3.20. The number of hydrogen-bond donors (Lipinski definition) is 2. The van der Waals surface area contributed by atoms with Gasteiger partial charge in [0.1, 0.15) is 0 Å². The van der Waals surface area contributed by atoms with Crippen LogP contribution in [0.5, 0.6) is 0 Å². The fourth-order valence-corrected chi connectivity index (χ4v) is 4.99. The minimum absolute atomic E-state index is 0.0897. The SMILES string of the molecule is CCNC(=NC[C@H]1CCCN1S(C)(=O)=O)NC1CCN(c2ncccc2F)C1. The van der Waals surface area contributed by atoms with Crippen molar-refractivity contribution < 1.29 is 12.8 Å². The number of rotatable bonds is 6. The van der Waals surface area contributed by atoms with Crippen LogP contribution in [-0.4, -0.2) is 74.7 Å². The largest absolute Gasteiger partial charge is 0.357 e. The van der Waals surface area contributed by atoms with Crippen LogP contribution >= 0.6 is 0 Å². The van der Waals surface area contributed by atoms with Crippen LogP contribution in [0.1, 0.15) is 26.2 Å². The first-order valence-electron chi connectivity index (χ1n) is 9.75. The lowest BCUT2D eigenvalue weighted by molar-refractivity contribution is 0.396. The van der Waals surface area contributed by atoms with Crippen molar-refractivity contribution >= 4 is 21.8 Å². The number of aromatic nitrogens is 1. The number of pyridine rings is 1. The van der Waals surface area contributed by atoms with E-state index < -0.39 is 10.0 Å². The van der Waals surface area contributed by atoms with E-state index in [0.29, 0.717) is 38.0 Å². The molecule has 3 rings (SSSR count). The van der Waals surface area contributed by atoms with Crippen LogP contribution in [0.25, 0.3) is 0 Å².